The molecular weight excluding hydrogens is 348 g/mol. The quantitative estimate of drug-likeness (QED) is 0.512. The number of carbonyl (C=O) groups is 1. The van der Waals surface area contributed by atoms with Gasteiger partial charge in [0.2, 0.25) is 0 Å². The van der Waals surface area contributed by atoms with Gasteiger partial charge in [-0.1, -0.05) is 31.1 Å². The van der Waals surface area contributed by atoms with Crippen molar-refractivity contribution in [3.63, 3.8) is 0 Å². The van der Waals surface area contributed by atoms with Gasteiger partial charge in [-0.2, -0.15) is 5.26 Å². The van der Waals surface area contributed by atoms with Crippen molar-refractivity contribution in [3.05, 3.63) is 65.7 Å². The maximum Gasteiger partial charge on any atom is 0.185 e. The molecule has 0 bridgehead atoms. The van der Waals surface area contributed by atoms with E-state index in [0.717, 1.165) is 18.7 Å². The van der Waals surface area contributed by atoms with Gasteiger partial charge in [0.15, 0.2) is 11.9 Å². The molecule has 1 saturated heterocycles. The Morgan fingerprint density at radius 1 is 1.04 bits per heavy atom. The van der Waals surface area contributed by atoms with Crippen molar-refractivity contribution in [1.82, 2.24) is 0 Å². The predicted octanol–water partition coefficient (Wildman–Crippen LogP) is 5.25. The molecule has 144 valence electrons. The van der Waals surface area contributed by atoms with E-state index in [1.165, 1.54) is 31.4 Å². The van der Waals surface area contributed by atoms with Crippen LogP contribution in [0.2, 0.25) is 0 Å². The number of allylic oxidation sites excluding steroid dienone is 1. The molecular formula is C24H26N2O2. The lowest BCUT2D eigenvalue weighted by Crippen LogP contribution is -2.23. The fourth-order valence-electron chi connectivity index (χ4n) is 3.32. The number of nitriles is 1. The topological polar surface area (TPSA) is 53.3 Å². The number of ether oxygens (including phenoxy) is 1. The van der Waals surface area contributed by atoms with Crippen molar-refractivity contribution < 1.29 is 9.53 Å². The second-order valence-corrected chi connectivity index (χ2v) is 7.10. The Labute approximate surface area is 167 Å². The molecule has 3 rings (SSSR count). The monoisotopic (exact) mass is 374 g/mol. The lowest BCUT2D eigenvalue weighted by Gasteiger charge is -2.22. The molecule has 2 aromatic carbocycles. The van der Waals surface area contributed by atoms with Crippen molar-refractivity contribution in [2.75, 3.05) is 18.0 Å². The van der Waals surface area contributed by atoms with E-state index in [9.17, 15) is 4.79 Å². The van der Waals surface area contributed by atoms with Crippen molar-refractivity contribution >= 4 is 17.5 Å². The molecule has 0 saturated carbocycles. The van der Waals surface area contributed by atoms with Gasteiger partial charge in [-0.25, -0.2) is 0 Å². The van der Waals surface area contributed by atoms with E-state index < -0.39 is 6.10 Å². The number of hydrogen-bond acceptors (Lipinski definition) is 4. The number of nitrogens with zero attached hydrogens (tertiary/aromatic N) is 2. The molecule has 1 aliphatic heterocycles. The molecule has 0 aliphatic carbocycles. The van der Waals surface area contributed by atoms with Gasteiger partial charge >= 0.3 is 0 Å². The van der Waals surface area contributed by atoms with E-state index in [1.54, 1.807) is 31.2 Å². The van der Waals surface area contributed by atoms with E-state index in [1.807, 2.05) is 30.3 Å². The number of hydrogen-bond donors (Lipinski definition) is 0. The Bertz CT molecular complexity index is 840. The smallest absolute Gasteiger partial charge is 0.185 e. The first-order valence-corrected chi connectivity index (χ1v) is 9.89. The lowest BCUT2D eigenvalue weighted by atomic mass is 10.1. The fraction of sp³-hybridized carbons (Fsp3) is 0.333. The molecule has 1 aliphatic rings. The highest BCUT2D eigenvalue weighted by atomic mass is 16.5. The third kappa shape index (κ3) is 5.47. The van der Waals surface area contributed by atoms with Crippen molar-refractivity contribution in [2.24, 2.45) is 0 Å². The summed E-state index contributed by atoms with van der Waals surface area (Å²) in [5.74, 6) is 0.627. The maximum atomic E-state index is 12.5. The average Bonchev–Trinajstić information content (AvgIpc) is 3.02. The highest BCUT2D eigenvalue weighted by molar-refractivity contribution is 6.07. The number of carbonyl (C=O) groups excluding carboxylic acids is 1. The molecule has 1 fully saturated rings. The summed E-state index contributed by atoms with van der Waals surface area (Å²) in [5, 5.41) is 8.78. The minimum atomic E-state index is -0.486. The van der Waals surface area contributed by atoms with Crippen LogP contribution in [0.4, 0.5) is 5.69 Å². The third-order valence-corrected chi connectivity index (χ3v) is 4.92. The zero-order chi connectivity index (χ0) is 19.8. The van der Waals surface area contributed by atoms with E-state index >= 15 is 0 Å². The number of ketones is 1. The molecule has 0 amide bonds. The van der Waals surface area contributed by atoms with Crippen molar-refractivity contribution in [3.8, 4) is 11.8 Å². The summed E-state index contributed by atoms with van der Waals surface area (Å²) in [7, 11) is 0. The summed E-state index contributed by atoms with van der Waals surface area (Å²) in [5.41, 5.74) is 2.80. The minimum absolute atomic E-state index is 0.0131. The predicted molar refractivity (Wildman–Crippen MR) is 113 cm³/mol. The van der Waals surface area contributed by atoms with Crippen LogP contribution < -0.4 is 9.64 Å². The van der Waals surface area contributed by atoms with Crippen molar-refractivity contribution in [1.29, 1.82) is 5.26 Å². The Morgan fingerprint density at radius 2 is 1.68 bits per heavy atom. The SMILES string of the molecule is CC(C#N)Oc1ccc(/C=C/C(=O)c2ccc(N3CCCCCC3)cc2)cc1. The fourth-order valence-corrected chi connectivity index (χ4v) is 3.32. The summed E-state index contributed by atoms with van der Waals surface area (Å²) < 4.78 is 5.43. The van der Waals surface area contributed by atoms with Gasteiger partial charge in [0, 0.05) is 24.3 Å². The molecule has 1 unspecified atom stereocenters. The number of anilines is 1. The standard InChI is InChI=1S/C24H26N2O2/c1-19(18-25)28-23-13-6-20(7-14-23)8-15-24(27)21-9-11-22(12-10-21)26-16-4-2-3-5-17-26/h6-15,19H,2-5,16-17H2,1H3/b15-8+. The van der Waals surface area contributed by atoms with Gasteiger partial charge in [-0.15, -0.1) is 0 Å². The van der Waals surface area contributed by atoms with Crippen LogP contribution in [0.5, 0.6) is 5.75 Å². The van der Waals surface area contributed by atoms with Gasteiger partial charge in [-0.05, 0) is 67.8 Å². The van der Waals surface area contributed by atoms with Crippen LogP contribution >= 0.6 is 0 Å². The molecule has 0 N–H and O–H groups in total. The normalized spacial score (nSPS) is 15.6. The largest absolute Gasteiger partial charge is 0.476 e. The van der Waals surface area contributed by atoms with Gasteiger partial charge in [0.1, 0.15) is 11.8 Å². The van der Waals surface area contributed by atoms with Crippen LogP contribution in [0, 0.1) is 11.3 Å². The second-order valence-electron chi connectivity index (χ2n) is 7.10. The lowest BCUT2D eigenvalue weighted by molar-refractivity contribution is 0.104. The summed E-state index contributed by atoms with van der Waals surface area (Å²) in [6, 6.07) is 17.3. The van der Waals surface area contributed by atoms with E-state index in [0.29, 0.717) is 11.3 Å². The molecule has 2 aromatic rings. The van der Waals surface area contributed by atoms with Crippen LogP contribution in [0.25, 0.3) is 6.08 Å². The average molecular weight is 374 g/mol. The van der Waals surface area contributed by atoms with E-state index in [4.69, 9.17) is 10.00 Å². The third-order valence-electron chi connectivity index (χ3n) is 4.92. The highest BCUT2D eigenvalue weighted by Gasteiger charge is 2.10. The van der Waals surface area contributed by atoms with Crippen LogP contribution in [0.3, 0.4) is 0 Å². The first kappa shape index (κ1) is 19.7. The molecule has 28 heavy (non-hydrogen) atoms. The summed E-state index contributed by atoms with van der Waals surface area (Å²) in [4.78, 5) is 14.9. The number of rotatable bonds is 6. The Hall–Kier alpha value is -3.06. The highest BCUT2D eigenvalue weighted by Crippen LogP contribution is 2.20. The Morgan fingerprint density at radius 3 is 2.29 bits per heavy atom. The minimum Gasteiger partial charge on any atom is -0.476 e. The molecule has 0 radical (unpaired) electrons. The van der Waals surface area contributed by atoms with E-state index in [2.05, 4.69) is 17.0 Å². The van der Waals surface area contributed by atoms with Gasteiger partial charge < -0.3 is 9.64 Å². The molecule has 0 spiro atoms. The Balaban J connectivity index is 1.60. The van der Waals surface area contributed by atoms with Crippen LogP contribution in [-0.2, 0) is 0 Å². The van der Waals surface area contributed by atoms with Crippen LogP contribution in [0.1, 0.15) is 48.5 Å². The zero-order valence-electron chi connectivity index (χ0n) is 16.3. The molecule has 4 heteroatoms. The van der Waals surface area contributed by atoms with Gasteiger partial charge in [0.25, 0.3) is 0 Å². The van der Waals surface area contributed by atoms with E-state index in [-0.39, 0.29) is 5.78 Å². The first-order chi connectivity index (χ1) is 13.7. The Kier molecular flexibility index (Phi) is 6.86. The molecule has 1 heterocycles. The summed E-state index contributed by atoms with van der Waals surface area (Å²) >= 11 is 0. The molecule has 4 nitrogen and oxygen atoms in total. The molecule has 1 atom stereocenters. The molecule has 0 aromatic heterocycles. The maximum absolute atomic E-state index is 12.5. The zero-order valence-corrected chi connectivity index (χ0v) is 16.3. The van der Waals surface area contributed by atoms with Gasteiger partial charge in [-0.3, -0.25) is 4.79 Å². The van der Waals surface area contributed by atoms with Gasteiger partial charge in [0.05, 0.1) is 0 Å². The number of benzene rings is 2. The second kappa shape index (κ2) is 9.75. The van der Waals surface area contributed by atoms with Crippen LogP contribution in [-0.4, -0.2) is 25.0 Å². The van der Waals surface area contributed by atoms with Crippen LogP contribution in [0.15, 0.2) is 54.6 Å². The van der Waals surface area contributed by atoms with Crippen molar-refractivity contribution in [2.45, 2.75) is 38.7 Å². The summed E-state index contributed by atoms with van der Waals surface area (Å²) in [6.07, 6.45) is 7.99. The first-order valence-electron chi connectivity index (χ1n) is 9.89. The summed E-state index contributed by atoms with van der Waals surface area (Å²) in [6.45, 7) is 3.89.